The van der Waals surface area contributed by atoms with Crippen LogP contribution in [0, 0.1) is 0 Å². The lowest BCUT2D eigenvalue weighted by Crippen LogP contribution is -2.11. The summed E-state index contributed by atoms with van der Waals surface area (Å²) >= 11 is 0. The van der Waals surface area contributed by atoms with Crippen molar-refractivity contribution in [3.63, 3.8) is 0 Å². The van der Waals surface area contributed by atoms with Gasteiger partial charge in [0, 0.05) is 18.2 Å². The van der Waals surface area contributed by atoms with E-state index in [2.05, 4.69) is 20.4 Å². The summed E-state index contributed by atoms with van der Waals surface area (Å²) < 4.78 is 39.5. The maximum Gasteiger partial charge on any atom is 0.416 e. The molecule has 0 bridgehead atoms. The first-order valence-electron chi connectivity index (χ1n) is 8.39. The van der Waals surface area contributed by atoms with E-state index in [0.29, 0.717) is 22.9 Å². The molecular weight excluding hydrogens is 369 g/mol. The van der Waals surface area contributed by atoms with Crippen molar-refractivity contribution in [1.82, 2.24) is 19.6 Å². The van der Waals surface area contributed by atoms with Crippen molar-refractivity contribution in [1.29, 1.82) is 0 Å². The highest BCUT2D eigenvalue weighted by molar-refractivity contribution is 5.65. The largest absolute Gasteiger partial charge is 0.416 e. The second-order valence-corrected chi connectivity index (χ2v) is 6.12. The number of benzene rings is 2. The summed E-state index contributed by atoms with van der Waals surface area (Å²) in [5.74, 6) is 0.423. The molecule has 0 aliphatic carbocycles. The van der Waals surface area contributed by atoms with E-state index >= 15 is 0 Å². The van der Waals surface area contributed by atoms with Gasteiger partial charge < -0.3 is 11.1 Å². The minimum Gasteiger partial charge on any atom is -0.368 e. The number of hydrogen-bond acceptors (Lipinski definition) is 5. The molecule has 0 amide bonds. The molecule has 0 saturated heterocycles. The summed E-state index contributed by atoms with van der Waals surface area (Å²) in [7, 11) is 0. The molecule has 0 saturated carbocycles. The van der Waals surface area contributed by atoms with Crippen molar-refractivity contribution in [2.24, 2.45) is 0 Å². The summed E-state index contributed by atoms with van der Waals surface area (Å²) in [6.07, 6.45) is -4.36. The van der Waals surface area contributed by atoms with E-state index in [9.17, 15) is 13.2 Å². The molecule has 0 radical (unpaired) electrons. The van der Waals surface area contributed by atoms with Gasteiger partial charge in [0.1, 0.15) is 0 Å². The zero-order valence-corrected chi connectivity index (χ0v) is 14.5. The van der Waals surface area contributed by atoms with E-state index in [4.69, 9.17) is 5.73 Å². The average molecular weight is 384 g/mol. The SMILES string of the molecule is Nc1nc(NCc2ccc(C(F)(F)F)cc2)n2nc(-c3ccccc3)cc2n1. The van der Waals surface area contributed by atoms with Gasteiger partial charge in [0.05, 0.1) is 11.3 Å². The van der Waals surface area contributed by atoms with Gasteiger partial charge in [0.15, 0.2) is 5.65 Å². The Morgan fingerprint density at radius 3 is 2.36 bits per heavy atom. The molecule has 4 rings (SSSR count). The summed E-state index contributed by atoms with van der Waals surface area (Å²) in [5.41, 5.74) is 7.89. The number of fused-ring (bicyclic) bond motifs is 1. The fourth-order valence-corrected chi connectivity index (χ4v) is 2.76. The summed E-state index contributed by atoms with van der Waals surface area (Å²) in [5, 5.41) is 7.56. The van der Waals surface area contributed by atoms with Gasteiger partial charge in [-0.1, -0.05) is 42.5 Å². The standard InChI is InChI=1S/C19H15F3N6/c20-19(21,22)14-8-6-12(7-9-14)11-24-18-26-17(23)25-16-10-15(27-28(16)18)13-4-2-1-3-5-13/h1-10H,11H2,(H3,23,24,25,26). The van der Waals surface area contributed by atoms with Crippen LogP contribution in [0.15, 0.2) is 60.7 Å². The fourth-order valence-electron chi connectivity index (χ4n) is 2.76. The van der Waals surface area contributed by atoms with Crippen molar-refractivity contribution in [3.05, 3.63) is 71.8 Å². The number of anilines is 2. The van der Waals surface area contributed by atoms with Gasteiger partial charge in [-0.2, -0.15) is 32.8 Å². The maximum atomic E-state index is 12.7. The van der Waals surface area contributed by atoms with Crippen LogP contribution in [-0.4, -0.2) is 19.6 Å². The van der Waals surface area contributed by atoms with Crippen LogP contribution in [0.25, 0.3) is 16.9 Å². The Morgan fingerprint density at radius 2 is 1.68 bits per heavy atom. The minimum absolute atomic E-state index is 0.0712. The molecule has 3 N–H and O–H groups in total. The van der Waals surface area contributed by atoms with Gasteiger partial charge >= 0.3 is 6.18 Å². The molecule has 0 atom stereocenters. The van der Waals surface area contributed by atoms with Crippen LogP contribution in [0.4, 0.5) is 25.1 Å². The van der Waals surface area contributed by atoms with E-state index in [0.717, 1.165) is 17.7 Å². The third-order valence-electron chi connectivity index (χ3n) is 4.14. The number of hydrogen-bond donors (Lipinski definition) is 2. The molecule has 0 fully saturated rings. The van der Waals surface area contributed by atoms with Crippen molar-refractivity contribution >= 4 is 17.5 Å². The van der Waals surface area contributed by atoms with Crippen LogP contribution in [-0.2, 0) is 12.7 Å². The van der Waals surface area contributed by atoms with Gasteiger partial charge in [-0.25, -0.2) is 0 Å². The third kappa shape index (κ3) is 3.59. The quantitative estimate of drug-likeness (QED) is 0.556. The van der Waals surface area contributed by atoms with Crippen molar-refractivity contribution in [3.8, 4) is 11.3 Å². The number of aromatic nitrogens is 4. The first kappa shape index (κ1) is 17.8. The Balaban J connectivity index is 1.61. The molecule has 4 aromatic rings. The van der Waals surface area contributed by atoms with Crippen molar-refractivity contribution in [2.45, 2.75) is 12.7 Å². The highest BCUT2D eigenvalue weighted by Gasteiger charge is 2.29. The van der Waals surface area contributed by atoms with E-state index in [1.807, 2.05) is 30.3 Å². The molecule has 2 heterocycles. The molecule has 0 unspecified atom stereocenters. The van der Waals surface area contributed by atoms with Crippen LogP contribution >= 0.6 is 0 Å². The average Bonchev–Trinajstić information content (AvgIpc) is 3.10. The lowest BCUT2D eigenvalue weighted by molar-refractivity contribution is -0.137. The lowest BCUT2D eigenvalue weighted by atomic mass is 10.1. The van der Waals surface area contributed by atoms with Crippen molar-refractivity contribution in [2.75, 3.05) is 11.1 Å². The maximum absolute atomic E-state index is 12.7. The molecule has 142 valence electrons. The molecule has 2 aromatic heterocycles. The van der Waals surface area contributed by atoms with E-state index < -0.39 is 11.7 Å². The molecule has 28 heavy (non-hydrogen) atoms. The zero-order valence-electron chi connectivity index (χ0n) is 14.5. The Bertz CT molecular complexity index is 1100. The van der Waals surface area contributed by atoms with E-state index in [1.54, 1.807) is 6.07 Å². The summed E-state index contributed by atoms with van der Waals surface area (Å²) in [4.78, 5) is 8.33. The molecule has 2 aromatic carbocycles. The molecule has 0 aliphatic rings. The minimum atomic E-state index is -4.36. The number of nitrogens with zero attached hydrogens (tertiary/aromatic N) is 4. The lowest BCUT2D eigenvalue weighted by Gasteiger charge is -2.10. The van der Waals surface area contributed by atoms with Crippen LogP contribution < -0.4 is 11.1 Å². The van der Waals surface area contributed by atoms with Crippen LogP contribution in [0.3, 0.4) is 0 Å². The second kappa shape index (κ2) is 6.84. The number of halogens is 3. The second-order valence-electron chi connectivity index (χ2n) is 6.12. The van der Waals surface area contributed by atoms with Gasteiger partial charge in [-0.05, 0) is 17.7 Å². The van der Waals surface area contributed by atoms with Gasteiger partial charge in [-0.3, -0.25) is 0 Å². The third-order valence-corrected chi connectivity index (χ3v) is 4.14. The number of alkyl halides is 3. The van der Waals surface area contributed by atoms with E-state index in [-0.39, 0.29) is 12.5 Å². The van der Waals surface area contributed by atoms with Crippen molar-refractivity contribution < 1.29 is 13.2 Å². The smallest absolute Gasteiger partial charge is 0.368 e. The van der Waals surface area contributed by atoms with Gasteiger partial charge in [0.2, 0.25) is 11.9 Å². The molecule has 0 spiro atoms. The predicted molar refractivity (Wildman–Crippen MR) is 99.4 cm³/mol. The number of nitrogen functional groups attached to an aromatic ring is 1. The Labute approximate surface area is 157 Å². The molecule has 9 heteroatoms. The Morgan fingerprint density at radius 1 is 0.964 bits per heavy atom. The van der Waals surface area contributed by atoms with Crippen LogP contribution in [0.1, 0.15) is 11.1 Å². The normalized spacial score (nSPS) is 11.7. The number of nitrogens with one attached hydrogen (secondary N) is 1. The first-order chi connectivity index (χ1) is 13.4. The van der Waals surface area contributed by atoms with Crippen LogP contribution in [0.2, 0.25) is 0 Å². The summed E-state index contributed by atoms with van der Waals surface area (Å²) in [6.45, 7) is 0.254. The fraction of sp³-hybridized carbons (Fsp3) is 0.105. The van der Waals surface area contributed by atoms with E-state index in [1.165, 1.54) is 16.6 Å². The summed E-state index contributed by atoms with van der Waals surface area (Å²) in [6, 6.07) is 16.3. The first-order valence-corrected chi connectivity index (χ1v) is 8.39. The monoisotopic (exact) mass is 384 g/mol. The number of nitrogens with two attached hydrogens (primary N) is 1. The number of rotatable bonds is 4. The highest BCUT2D eigenvalue weighted by atomic mass is 19.4. The molecule has 6 nitrogen and oxygen atoms in total. The zero-order chi connectivity index (χ0) is 19.7. The predicted octanol–water partition coefficient (Wildman–Crippen LogP) is 4.00. The molecule has 0 aliphatic heterocycles. The topological polar surface area (TPSA) is 81.1 Å². The van der Waals surface area contributed by atoms with Crippen LogP contribution in [0.5, 0.6) is 0 Å². The molecular formula is C19H15F3N6. The van der Waals surface area contributed by atoms with Gasteiger partial charge in [0.25, 0.3) is 0 Å². The Kier molecular flexibility index (Phi) is 4.34. The van der Waals surface area contributed by atoms with Gasteiger partial charge in [-0.15, -0.1) is 0 Å². The Hall–Kier alpha value is -3.62. The highest BCUT2D eigenvalue weighted by Crippen LogP contribution is 2.29.